The normalized spacial score (nSPS) is 18.2. The van der Waals surface area contributed by atoms with E-state index in [0.29, 0.717) is 31.4 Å². The van der Waals surface area contributed by atoms with E-state index < -0.39 is 44.1 Å². The molecule has 254 valence electrons. The van der Waals surface area contributed by atoms with Gasteiger partial charge in [-0.1, -0.05) is 0 Å². The quantitative estimate of drug-likeness (QED) is 0.307. The third kappa shape index (κ3) is 12.3. The predicted molar refractivity (Wildman–Crippen MR) is 165 cm³/mol. The van der Waals surface area contributed by atoms with Crippen molar-refractivity contribution in [2.24, 2.45) is 0 Å². The number of aliphatic hydroxyl groups excluding tert-OH is 1. The first-order valence-electron chi connectivity index (χ1n) is 13.7. The first-order chi connectivity index (χ1) is 21.4. The molecular weight excluding hydrogens is 654 g/mol. The van der Waals surface area contributed by atoms with E-state index in [2.05, 4.69) is 14.8 Å². The number of pyridine rings is 1. The summed E-state index contributed by atoms with van der Waals surface area (Å²) >= 11 is 0. The number of rotatable bonds is 7. The van der Waals surface area contributed by atoms with E-state index in [0.717, 1.165) is 60.8 Å². The maximum absolute atomic E-state index is 13.6. The molecule has 3 N–H and O–H groups in total. The number of nitrogens with zero attached hydrogens (tertiary/aromatic N) is 4. The SMILES string of the molecule is COc1ccc2nccc([C@@H](O)CN3CCN(CC4CN(c5cc(F)cc(F)c5)C(=O)O4)CC3)c2c1.CS(=O)(=O)O.CS(=O)(=O)O. The standard InChI is InChI=1S/C26H28F2N4O4.2CH4O3S/c1-35-20-2-3-24-23(13-20)22(4-5-29-24)25(33)16-31-8-6-30(7-9-31)14-21-15-32(26(34)36-21)19-11-17(27)10-18(28)12-19;2*1-5(2,3)4/h2-5,10-13,21,25,33H,6-9,14-16H2,1H3;2*1H3,(H,2,3,4)/t21?,25-;;/m0../s1. The highest BCUT2D eigenvalue weighted by molar-refractivity contribution is 7.85. The summed E-state index contributed by atoms with van der Waals surface area (Å²) < 4.78 is 89.6. The molecule has 2 atom stereocenters. The maximum atomic E-state index is 13.6. The number of methoxy groups -OCH3 is 1. The highest BCUT2D eigenvalue weighted by Crippen LogP contribution is 2.28. The van der Waals surface area contributed by atoms with Crippen molar-refractivity contribution >= 4 is 42.9 Å². The average Bonchev–Trinajstić information content (AvgIpc) is 3.30. The van der Waals surface area contributed by atoms with Crippen LogP contribution in [-0.4, -0.2) is 123 Å². The summed E-state index contributed by atoms with van der Waals surface area (Å²) in [6.07, 6.45) is 1.47. The lowest BCUT2D eigenvalue weighted by molar-refractivity contribution is 0.0525. The van der Waals surface area contributed by atoms with E-state index in [1.807, 2.05) is 24.3 Å². The Hall–Kier alpha value is -3.52. The van der Waals surface area contributed by atoms with Crippen molar-refractivity contribution in [1.29, 1.82) is 0 Å². The molecule has 2 fully saturated rings. The van der Waals surface area contributed by atoms with Gasteiger partial charge in [-0.05, 0) is 42.0 Å². The fraction of sp³-hybridized carbons (Fsp3) is 0.429. The first kappa shape index (κ1) is 36.9. The minimum absolute atomic E-state index is 0.153. The second-order valence-electron chi connectivity index (χ2n) is 10.6. The molecule has 14 nitrogen and oxygen atoms in total. The zero-order valence-electron chi connectivity index (χ0n) is 25.3. The van der Waals surface area contributed by atoms with Crippen molar-refractivity contribution in [2.45, 2.75) is 12.2 Å². The summed E-state index contributed by atoms with van der Waals surface area (Å²) in [4.78, 5) is 22.3. The molecule has 2 aliphatic rings. The number of carbonyl (C=O) groups excluding carboxylic acids is 1. The van der Waals surface area contributed by atoms with E-state index in [4.69, 9.17) is 18.6 Å². The van der Waals surface area contributed by atoms with Crippen molar-refractivity contribution < 1.29 is 54.1 Å². The van der Waals surface area contributed by atoms with Crippen LogP contribution in [0.1, 0.15) is 11.7 Å². The van der Waals surface area contributed by atoms with Gasteiger partial charge in [0.2, 0.25) is 0 Å². The number of benzene rings is 2. The van der Waals surface area contributed by atoms with Gasteiger partial charge in [0.05, 0.1) is 43.5 Å². The zero-order valence-corrected chi connectivity index (χ0v) is 26.9. The number of aromatic nitrogens is 1. The van der Waals surface area contributed by atoms with Gasteiger partial charge in [-0.2, -0.15) is 16.8 Å². The first-order valence-corrected chi connectivity index (χ1v) is 17.4. The highest BCUT2D eigenvalue weighted by atomic mass is 32.2. The van der Waals surface area contributed by atoms with Gasteiger partial charge in [0.25, 0.3) is 20.2 Å². The molecule has 0 spiro atoms. The van der Waals surface area contributed by atoms with Crippen LogP contribution in [0.15, 0.2) is 48.7 Å². The van der Waals surface area contributed by atoms with Crippen LogP contribution >= 0.6 is 0 Å². The van der Waals surface area contributed by atoms with Crippen LogP contribution < -0.4 is 9.64 Å². The van der Waals surface area contributed by atoms with Crippen LogP contribution in [0.25, 0.3) is 10.9 Å². The van der Waals surface area contributed by atoms with Gasteiger partial charge in [0, 0.05) is 56.9 Å². The van der Waals surface area contributed by atoms with Crippen molar-refractivity contribution in [2.75, 3.05) is 70.3 Å². The zero-order chi connectivity index (χ0) is 34.2. The lowest BCUT2D eigenvalue weighted by atomic mass is 10.0. The van der Waals surface area contributed by atoms with Gasteiger partial charge < -0.3 is 14.6 Å². The summed E-state index contributed by atoms with van der Waals surface area (Å²) in [5.74, 6) is -0.761. The number of β-amino-alcohol motifs (C(OH)–C–C–N with tert-alkyl or cyclic N) is 1. The number of hydrogen-bond donors (Lipinski definition) is 3. The Morgan fingerprint density at radius 1 is 0.957 bits per heavy atom. The van der Waals surface area contributed by atoms with Crippen LogP contribution in [0, 0.1) is 11.6 Å². The number of carbonyl (C=O) groups is 1. The average molecular weight is 691 g/mol. The number of anilines is 1. The molecule has 0 bridgehead atoms. The lowest BCUT2D eigenvalue weighted by Crippen LogP contribution is -2.49. The number of ether oxygens (including phenoxy) is 2. The van der Waals surface area contributed by atoms with Crippen LogP contribution in [-0.2, 0) is 25.0 Å². The number of amides is 1. The Bertz CT molecular complexity index is 1660. The molecule has 1 aromatic heterocycles. The molecule has 46 heavy (non-hydrogen) atoms. The van der Waals surface area contributed by atoms with Gasteiger partial charge in [-0.25, -0.2) is 13.6 Å². The number of piperazine rings is 1. The highest BCUT2D eigenvalue weighted by Gasteiger charge is 2.34. The summed E-state index contributed by atoms with van der Waals surface area (Å²) in [6.45, 7) is 4.26. The maximum Gasteiger partial charge on any atom is 0.414 e. The van der Waals surface area contributed by atoms with Gasteiger partial charge in [-0.3, -0.25) is 28.8 Å². The Kier molecular flexibility index (Phi) is 12.7. The molecule has 18 heteroatoms. The second-order valence-corrected chi connectivity index (χ2v) is 13.5. The molecule has 0 radical (unpaired) electrons. The van der Waals surface area contributed by atoms with Gasteiger partial charge in [-0.15, -0.1) is 0 Å². The summed E-state index contributed by atoms with van der Waals surface area (Å²) in [6, 6.07) is 10.5. The third-order valence-corrected chi connectivity index (χ3v) is 6.73. The van der Waals surface area contributed by atoms with E-state index in [1.54, 1.807) is 13.3 Å². The summed E-state index contributed by atoms with van der Waals surface area (Å²) in [5, 5.41) is 11.9. The largest absolute Gasteiger partial charge is 0.497 e. The molecule has 5 rings (SSSR count). The molecule has 2 aromatic carbocycles. The van der Waals surface area contributed by atoms with Crippen molar-refractivity contribution in [1.82, 2.24) is 14.8 Å². The molecule has 3 heterocycles. The fourth-order valence-electron chi connectivity index (χ4n) is 4.87. The summed E-state index contributed by atoms with van der Waals surface area (Å²) in [5.41, 5.74) is 1.77. The van der Waals surface area contributed by atoms with Crippen LogP contribution in [0.3, 0.4) is 0 Å². The van der Waals surface area contributed by atoms with E-state index in [1.165, 1.54) is 4.90 Å². The van der Waals surface area contributed by atoms with E-state index >= 15 is 0 Å². The smallest absolute Gasteiger partial charge is 0.414 e. The van der Waals surface area contributed by atoms with Crippen molar-refractivity contribution in [3.8, 4) is 5.75 Å². The van der Waals surface area contributed by atoms with Crippen LogP contribution in [0.4, 0.5) is 19.3 Å². The van der Waals surface area contributed by atoms with E-state index in [-0.39, 0.29) is 18.3 Å². The molecule has 0 aliphatic carbocycles. The third-order valence-electron chi connectivity index (χ3n) is 6.73. The molecule has 0 saturated carbocycles. The minimum Gasteiger partial charge on any atom is -0.497 e. The Morgan fingerprint density at radius 3 is 2.09 bits per heavy atom. The second kappa shape index (κ2) is 15.9. The van der Waals surface area contributed by atoms with Crippen molar-refractivity contribution in [3.05, 3.63) is 65.9 Å². The van der Waals surface area contributed by atoms with Gasteiger partial charge >= 0.3 is 6.09 Å². The number of halogens is 2. The Morgan fingerprint density at radius 2 is 1.52 bits per heavy atom. The molecule has 3 aromatic rings. The monoisotopic (exact) mass is 690 g/mol. The van der Waals surface area contributed by atoms with Crippen LogP contribution in [0.2, 0.25) is 0 Å². The fourth-order valence-corrected chi connectivity index (χ4v) is 4.87. The molecule has 1 unspecified atom stereocenters. The lowest BCUT2D eigenvalue weighted by Gasteiger charge is -2.36. The van der Waals surface area contributed by atoms with Crippen LogP contribution in [0.5, 0.6) is 5.75 Å². The predicted octanol–water partition coefficient (Wildman–Crippen LogP) is 2.21. The van der Waals surface area contributed by atoms with Crippen molar-refractivity contribution in [3.63, 3.8) is 0 Å². The number of fused-ring (bicyclic) bond motifs is 1. The Labute approximate surface area is 265 Å². The molecule has 1 amide bonds. The Balaban J connectivity index is 0.000000503. The van der Waals surface area contributed by atoms with Gasteiger partial charge in [0.1, 0.15) is 23.5 Å². The number of hydrogen-bond acceptors (Lipinski definition) is 11. The molecule has 2 aliphatic heterocycles. The molecule has 2 saturated heterocycles. The minimum atomic E-state index is -3.67. The number of aliphatic hydroxyl groups is 1. The number of cyclic esters (lactones) is 1. The van der Waals surface area contributed by atoms with E-state index in [9.17, 15) is 35.5 Å². The van der Waals surface area contributed by atoms with Gasteiger partial charge in [0.15, 0.2) is 0 Å². The molecular formula is C28H36F2N4O10S2. The topological polar surface area (TPSA) is 187 Å². The summed E-state index contributed by atoms with van der Waals surface area (Å²) in [7, 11) is -5.72.